The zero-order valence-corrected chi connectivity index (χ0v) is 15.2. The monoisotopic (exact) mass is 376 g/mol. The molecule has 1 aromatic carbocycles. The van der Waals surface area contributed by atoms with Crippen molar-refractivity contribution in [3.05, 3.63) is 57.8 Å². The zero-order valence-electron chi connectivity index (χ0n) is 14.4. The summed E-state index contributed by atoms with van der Waals surface area (Å²) in [7, 11) is -3.86. The van der Waals surface area contributed by atoms with Gasteiger partial charge in [0.2, 0.25) is 10.0 Å². The van der Waals surface area contributed by atoms with Crippen molar-refractivity contribution in [3.8, 4) is 0 Å². The highest BCUT2D eigenvalue weighted by atomic mass is 32.2. The summed E-state index contributed by atoms with van der Waals surface area (Å²) in [6.07, 6.45) is 3.97. The van der Waals surface area contributed by atoms with E-state index in [1.807, 2.05) is 12.1 Å². The quantitative estimate of drug-likeness (QED) is 0.613. The van der Waals surface area contributed by atoms with E-state index < -0.39 is 14.9 Å². The molecule has 0 amide bonds. The van der Waals surface area contributed by atoms with E-state index in [-0.39, 0.29) is 22.7 Å². The Morgan fingerprint density at radius 3 is 2.58 bits per heavy atom. The van der Waals surface area contributed by atoms with Crippen LogP contribution in [0.25, 0.3) is 0 Å². The lowest BCUT2D eigenvalue weighted by molar-refractivity contribution is -0.385. The van der Waals surface area contributed by atoms with Crippen molar-refractivity contribution >= 4 is 21.5 Å². The van der Waals surface area contributed by atoms with E-state index >= 15 is 0 Å². The van der Waals surface area contributed by atoms with Gasteiger partial charge in [0, 0.05) is 37.5 Å². The third kappa shape index (κ3) is 3.83. The molecule has 0 bridgehead atoms. The van der Waals surface area contributed by atoms with Gasteiger partial charge in [-0.25, -0.2) is 18.1 Å². The van der Waals surface area contributed by atoms with E-state index in [0.29, 0.717) is 0 Å². The predicted molar refractivity (Wildman–Crippen MR) is 97.5 cm³/mol. The van der Waals surface area contributed by atoms with Gasteiger partial charge in [0.05, 0.1) is 9.82 Å². The summed E-state index contributed by atoms with van der Waals surface area (Å²) < 4.78 is 27.5. The maximum atomic E-state index is 12.5. The largest absolute Gasteiger partial charge is 0.357 e. The number of aromatic nitrogens is 1. The number of sulfonamides is 1. The minimum absolute atomic E-state index is 0.0672. The second-order valence-corrected chi connectivity index (χ2v) is 7.94. The lowest BCUT2D eigenvalue weighted by atomic mass is 10.2. The molecule has 8 nitrogen and oxygen atoms in total. The van der Waals surface area contributed by atoms with Crippen LogP contribution in [0.4, 0.5) is 11.5 Å². The molecule has 3 rings (SSSR count). The number of nitrogens with one attached hydrogen (secondary N) is 1. The molecule has 26 heavy (non-hydrogen) atoms. The molecule has 1 fully saturated rings. The van der Waals surface area contributed by atoms with Gasteiger partial charge in [0.1, 0.15) is 5.82 Å². The first-order valence-corrected chi connectivity index (χ1v) is 9.80. The van der Waals surface area contributed by atoms with E-state index in [1.54, 1.807) is 6.20 Å². The Morgan fingerprint density at radius 2 is 1.96 bits per heavy atom. The van der Waals surface area contributed by atoms with E-state index in [1.165, 1.54) is 25.1 Å². The lowest BCUT2D eigenvalue weighted by Crippen LogP contribution is -2.24. The smallest absolute Gasteiger partial charge is 0.273 e. The van der Waals surface area contributed by atoms with E-state index in [9.17, 15) is 18.5 Å². The molecule has 0 radical (unpaired) electrons. The molecule has 1 aliphatic rings. The van der Waals surface area contributed by atoms with Crippen LogP contribution in [0.5, 0.6) is 0 Å². The Bertz CT molecular complexity index is 907. The van der Waals surface area contributed by atoms with Crippen LogP contribution in [0, 0.1) is 17.0 Å². The number of pyridine rings is 1. The molecule has 9 heteroatoms. The minimum Gasteiger partial charge on any atom is -0.357 e. The van der Waals surface area contributed by atoms with Crippen LogP contribution in [0.1, 0.15) is 24.0 Å². The molecule has 0 aliphatic carbocycles. The molecule has 0 spiro atoms. The van der Waals surface area contributed by atoms with Gasteiger partial charge in [-0.05, 0) is 37.5 Å². The molecule has 0 saturated carbocycles. The Labute approximate surface area is 152 Å². The van der Waals surface area contributed by atoms with Gasteiger partial charge >= 0.3 is 0 Å². The van der Waals surface area contributed by atoms with Gasteiger partial charge in [-0.1, -0.05) is 12.1 Å². The van der Waals surface area contributed by atoms with Gasteiger partial charge in [0.15, 0.2) is 0 Å². The maximum absolute atomic E-state index is 12.5. The van der Waals surface area contributed by atoms with Crippen molar-refractivity contribution in [1.29, 1.82) is 0 Å². The van der Waals surface area contributed by atoms with Crippen molar-refractivity contribution < 1.29 is 13.3 Å². The van der Waals surface area contributed by atoms with Crippen LogP contribution in [0.3, 0.4) is 0 Å². The molecule has 1 saturated heterocycles. The summed E-state index contributed by atoms with van der Waals surface area (Å²) in [5.41, 5.74) is 0.622. The SMILES string of the molecule is Cc1c([N+](=O)[O-])cccc1S(=O)(=O)NCc1ccc(N2CCCC2)nc1. The second-order valence-electron chi connectivity index (χ2n) is 6.20. The van der Waals surface area contributed by atoms with Gasteiger partial charge < -0.3 is 4.90 Å². The highest BCUT2D eigenvalue weighted by Crippen LogP contribution is 2.25. The Kier molecular flexibility index (Phi) is 5.19. The van der Waals surface area contributed by atoms with E-state index in [2.05, 4.69) is 14.6 Å². The first-order valence-electron chi connectivity index (χ1n) is 8.32. The van der Waals surface area contributed by atoms with Crippen LogP contribution < -0.4 is 9.62 Å². The number of anilines is 1. The third-order valence-electron chi connectivity index (χ3n) is 4.45. The van der Waals surface area contributed by atoms with Crippen molar-refractivity contribution in [2.24, 2.45) is 0 Å². The summed E-state index contributed by atoms with van der Waals surface area (Å²) in [5, 5.41) is 11.0. The van der Waals surface area contributed by atoms with Gasteiger partial charge in [0.25, 0.3) is 5.69 Å². The number of rotatable bonds is 6. The first-order chi connectivity index (χ1) is 12.4. The molecule has 0 atom stereocenters. The number of nitrogens with zero attached hydrogens (tertiary/aromatic N) is 3. The summed E-state index contributed by atoms with van der Waals surface area (Å²) in [6, 6.07) is 7.73. The topological polar surface area (TPSA) is 105 Å². The maximum Gasteiger partial charge on any atom is 0.273 e. The molecule has 1 N–H and O–H groups in total. The van der Waals surface area contributed by atoms with Crippen molar-refractivity contribution in [3.63, 3.8) is 0 Å². The standard InChI is InChI=1S/C17H20N4O4S/c1-13-15(21(22)23)5-4-6-16(13)26(24,25)19-12-14-7-8-17(18-11-14)20-9-2-3-10-20/h4-8,11,19H,2-3,9-10,12H2,1H3. The molecular weight excluding hydrogens is 356 g/mol. The third-order valence-corrected chi connectivity index (χ3v) is 5.99. The van der Waals surface area contributed by atoms with Crippen LogP contribution in [0.2, 0.25) is 0 Å². The number of hydrogen-bond acceptors (Lipinski definition) is 6. The molecule has 0 unspecified atom stereocenters. The van der Waals surface area contributed by atoms with Gasteiger partial charge in [-0.3, -0.25) is 10.1 Å². The van der Waals surface area contributed by atoms with Crippen LogP contribution >= 0.6 is 0 Å². The number of nitro groups is 1. The van der Waals surface area contributed by atoms with Crippen LogP contribution in [-0.2, 0) is 16.6 Å². The van der Waals surface area contributed by atoms with Crippen LogP contribution in [-0.4, -0.2) is 31.4 Å². The first kappa shape index (κ1) is 18.3. The summed E-state index contributed by atoms with van der Waals surface area (Å²) in [4.78, 5) is 16.9. The predicted octanol–water partition coefficient (Wildman–Crippen LogP) is 2.38. The average molecular weight is 376 g/mol. The van der Waals surface area contributed by atoms with Crippen molar-refractivity contribution in [2.45, 2.75) is 31.2 Å². The zero-order chi connectivity index (χ0) is 18.7. The van der Waals surface area contributed by atoms with Crippen molar-refractivity contribution in [2.75, 3.05) is 18.0 Å². The highest BCUT2D eigenvalue weighted by molar-refractivity contribution is 7.89. The van der Waals surface area contributed by atoms with Crippen LogP contribution in [0.15, 0.2) is 41.4 Å². The van der Waals surface area contributed by atoms with Gasteiger partial charge in [-0.2, -0.15) is 0 Å². The summed E-state index contributed by atoms with van der Waals surface area (Å²) in [6.45, 7) is 3.48. The fraction of sp³-hybridized carbons (Fsp3) is 0.353. The molecule has 138 valence electrons. The molecule has 2 heterocycles. The van der Waals surface area contributed by atoms with Gasteiger partial charge in [-0.15, -0.1) is 0 Å². The normalized spacial score (nSPS) is 14.6. The fourth-order valence-electron chi connectivity index (χ4n) is 3.00. The van der Waals surface area contributed by atoms with Crippen molar-refractivity contribution in [1.82, 2.24) is 9.71 Å². The second kappa shape index (κ2) is 7.38. The molecule has 2 aromatic rings. The highest BCUT2D eigenvalue weighted by Gasteiger charge is 2.22. The van der Waals surface area contributed by atoms with E-state index in [0.717, 1.165) is 37.3 Å². The Hall–Kier alpha value is -2.52. The molecule has 1 aliphatic heterocycles. The Morgan fingerprint density at radius 1 is 1.23 bits per heavy atom. The fourth-order valence-corrected chi connectivity index (χ4v) is 4.28. The number of benzene rings is 1. The average Bonchev–Trinajstić information content (AvgIpc) is 3.15. The lowest BCUT2D eigenvalue weighted by Gasteiger charge is -2.16. The number of hydrogen-bond donors (Lipinski definition) is 1. The Balaban J connectivity index is 1.72. The number of nitro benzene ring substituents is 1. The minimum atomic E-state index is -3.86. The summed E-state index contributed by atoms with van der Waals surface area (Å²) in [5.74, 6) is 0.892. The molecule has 1 aromatic heterocycles. The summed E-state index contributed by atoms with van der Waals surface area (Å²) >= 11 is 0. The molecular formula is C17H20N4O4S. The van der Waals surface area contributed by atoms with E-state index in [4.69, 9.17) is 0 Å².